The third kappa shape index (κ3) is 4.24. The van der Waals surface area contributed by atoms with Gasteiger partial charge in [-0.25, -0.2) is 14.4 Å². The number of aromatic carboxylic acids is 2. The van der Waals surface area contributed by atoms with Crippen molar-refractivity contribution in [1.29, 1.82) is 0 Å². The van der Waals surface area contributed by atoms with Crippen LogP contribution in [0.5, 0.6) is 5.75 Å². The van der Waals surface area contributed by atoms with Crippen LogP contribution in [0.1, 0.15) is 37.8 Å². The number of hydrogen-bond acceptors (Lipinski definition) is 7. The second-order valence-electron chi connectivity index (χ2n) is 8.52. The molecule has 0 saturated carbocycles. The Bertz CT molecular complexity index is 1610. The number of carboxylic acid groups (broad SMARTS) is 2. The molecule has 1 aliphatic rings. The molecule has 10 nitrogen and oxygen atoms in total. The molecule has 0 radical (unpaired) electrons. The number of nitrogens with one attached hydrogen (secondary N) is 1. The Morgan fingerprint density at radius 1 is 0.816 bits per heavy atom. The second kappa shape index (κ2) is 9.58. The van der Waals surface area contributed by atoms with Crippen molar-refractivity contribution >= 4 is 23.9 Å². The Kier molecular flexibility index (Phi) is 6.13. The smallest absolute Gasteiger partial charge is 0.478 e. The van der Waals surface area contributed by atoms with Crippen molar-refractivity contribution < 1.29 is 34.1 Å². The topological polar surface area (TPSA) is 169 Å². The maximum absolute atomic E-state index is 12.5. The largest absolute Gasteiger partial charge is 0.513 e. The van der Waals surface area contributed by atoms with Gasteiger partial charge in [0.1, 0.15) is 29.3 Å². The average molecular weight is 512 g/mol. The highest BCUT2D eigenvalue weighted by atomic mass is 16.7. The summed E-state index contributed by atoms with van der Waals surface area (Å²) in [5, 5.41) is 19.1. The first-order valence-corrected chi connectivity index (χ1v) is 11.4. The maximum atomic E-state index is 12.5. The molecule has 0 bridgehead atoms. The van der Waals surface area contributed by atoms with Crippen LogP contribution >= 0.6 is 0 Å². The van der Waals surface area contributed by atoms with Crippen molar-refractivity contribution in [2.75, 3.05) is 12.3 Å². The number of carboxylic acids is 2. The van der Waals surface area contributed by atoms with Crippen LogP contribution in [-0.2, 0) is 4.74 Å². The third-order valence-electron chi connectivity index (χ3n) is 6.35. The van der Waals surface area contributed by atoms with Crippen LogP contribution in [0.2, 0.25) is 0 Å². The van der Waals surface area contributed by atoms with Gasteiger partial charge in [-0.05, 0) is 39.9 Å². The fraction of sp³-hybridized carbons (Fsp3) is 0.0714. The number of rotatable bonds is 6. The molecule has 5 N–H and O–H groups in total. The van der Waals surface area contributed by atoms with Gasteiger partial charge in [0.2, 0.25) is 0 Å². The summed E-state index contributed by atoms with van der Waals surface area (Å²) >= 11 is 0. The van der Waals surface area contributed by atoms with Crippen molar-refractivity contribution in [3.05, 3.63) is 105 Å². The number of ether oxygens (including phenoxy) is 2. The van der Waals surface area contributed by atoms with E-state index >= 15 is 0 Å². The molecule has 190 valence electrons. The van der Waals surface area contributed by atoms with Crippen molar-refractivity contribution in [2.24, 2.45) is 0 Å². The van der Waals surface area contributed by atoms with Crippen LogP contribution < -0.4 is 16.0 Å². The maximum Gasteiger partial charge on any atom is 0.513 e. The summed E-state index contributed by atoms with van der Waals surface area (Å²) in [7, 11) is 0. The number of fused-ring (bicyclic) bond motifs is 3. The fourth-order valence-corrected chi connectivity index (χ4v) is 4.74. The second-order valence-corrected chi connectivity index (χ2v) is 8.52. The lowest BCUT2D eigenvalue weighted by molar-refractivity contribution is 0.0695. The minimum Gasteiger partial charge on any atom is -0.478 e. The summed E-state index contributed by atoms with van der Waals surface area (Å²) in [6.07, 6.45) is -0.947. The van der Waals surface area contributed by atoms with Gasteiger partial charge in [0.15, 0.2) is 0 Å². The van der Waals surface area contributed by atoms with E-state index in [-0.39, 0.29) is 29.4 Å². The highest BCUT2D eigenvalue weighted by Crippen LogP contribution is 2.44. The van der Waals surface area contributed by atoms with Gasteiger partial charge in [0.25, 0.3) is 5.56 Å². The minimum atomic E-state index is -1.62. The number of carbonyl (C=O) groups excluding carboxylic acids is 1. The molecule has 0 aliphatic heterocycles. The molecule has 1 aliphatic carbocycles. The lowest BCUT2D eigenvalue weighted by atomic mass is 9.95. The molecule has 38 heavy (non-hydrogen) atoms. The molecule has 0 amide bonds. The molecule has 0 saturated heterocycles. The molecular formula is C28H20N2O8. The zero-order chi connectivity index (χ0) is 27.0. The SMILES string of the molecule is Nc1[nH]c(=O)c(C(=O)O)c(-c2ccc(OC(=O)OCC3c4ccccc4-c4ccccc43)cc2)c1C(=O)O. The van der Waals surface area contributed by atoms with Gasteiger partial charge >= 0.3 is 18.1 Å². The van der Waals surface area contributed by atoms with Crippen LogP contribution in [0.3, 0.4) is 0 Å². The molecule has 0 fully saturated rings. The van der Waals surface area contributed by atoms with Crippen molar-refractivity contribution in [1.82, 2.24) is 4.98 Å². The summed E-state index contributed by atoms with van der Waals surface area (Å²) in [4.78, 5) is 50.2. The first-order valence-electron chi connectivity index (χ1n) is 11.4. The van der Waals surface area contributed by atoms with Crippen LogP contribution in [-0.4, -0.2) is 39.9 Å². The highest BCUT2D eigenvalue weighted by Gasteiger charge is 2.30. The summed E-state index contributed by atoms with van der Waals surface area (Å²) < 4.78 is 10.7. The number of carbonyl (C=O) groups is 3. The fourth-order valence-electron chi connectivity index (χ4n) is 4.74. The van der Waals surface area contributed by atoms with E-state index in [9.17, 15) is 29.4 Å². The quantitative estimate of drug-likeness (QED) is 0.217. The number of nitrogen functional groups attached to an aromatic ring is 1. The number of nitrogens with two attached hydrogens (primary N) is 1. The summed E-state index contributed by atoms with van der Waals surface area (Å²) in [5.41, 5.74) is 7.25. The molecule has 0 atom stereocenters. The summed E-state index contributed by atoms with van der Waals surface area (Å²) in [6.45, 7) is 0.0565. The van der Waals surface area contributed by atoms with Crippen molar-refractivity contribution in [3.63, 3.8) is 0 Å². The van der Waals surface area contributed by atoms with E-state index in [1.807, 2.05) is 53.5 Å². The van der Waals surface area contributed by atoms with Crippen LogP contribution in [0.4, 0.5) is 10.6 Å². The van der Waals surface area contributed by atoms with E-state index < -0.39 is 40.6 Å². The zero-order valence-electron chi connectivity index (χ0n) is 19.6. The van der Waals surface area contributed by atoms with Crippen molar-refractivity contribution in [3.8, 4) is 28.0 Å². The number of benzene rings is 3. The number of hydrogen-bond donors (Lipinski definition) is 4. The molecule has 5 rings (SSSR count). The Balaban J connectivity index is 1.35. The number of H-pyrrole nitrogens is 1. The monoisotopic (exact) mass is 512 g/mol. The highest BCUT2D eigenvalue weighted by molar-refractivity contribution is 6.07. The van der Waals surface area contributed by atoms with Crippen LogP contribution in [0.25, 0.3) is 22.3 Å². The molecule has 0 spiro atoms. The van der Waals surface area contributed by atoms with E-state index in [1.54, 1.807) is 0 Å². The minimum absolute atomic E-state index is 0.0565. The normalized spacial score (nSPS) is 11.9. The van der Waals surface area contributed by atoms with E-state index in [0.29, 0.717) is 0 Å². The average Bonchev–Trinajstić information content (AvgIpc) is 3.20. The summed E-state index contributed by atoms with van der Waals surface area (Å²) in [6, 6.07) is 21.1. The predicted octanol–water partition coefficient (Wildman–Crippen LogP) is 4.35. The lowest BCUT2D eigenvalue weighted by Crippen LogP contribution is -2.24. The van der Waals surface area contributed by atoms with Crippen LogP contribution in [0, 0.1) is 0 Å². The summed E-state index contributed by atoms with van der Waals surface area (Å²) in [5.74, 6) is -3.71. The number of aromatic amines is 1. The Hall–Kier alpha value is -5.38. The van der Waals surface area contributed by atoms with Gasteiger partial charge in [-0.1, -0.05) is 60.7 Å². The molecule has 4 aromatic rings. The number of anilines is 1. The molecule has 1 heterocycles. The molecule has 10 heteroatoms. The van der Waals surface area contributed by atoms with Crippen molar-refractivity contribution in [2.45, 2.75) is 5.92 Å². The lowest BCUT2D eigenvalue weighted by Gasteiger charge is -2.14. The van der Waals surface area contributed by atoms with Gasteiger partial charge in [0.05, 0.1) is 0 Å². The van der Waals surface area contributed by atoms with Gasteiger partial charge in [0, 0.05) is 11.5 Å². The van der Waals surface area contributed by atoms with Gasteiger partial charge < -0.3 is 30.4 Å². The first-order chi connectivity index (χ1) is 18.3. The van der Waals surface area contributed by atoms with E-state index in [0.717, 1.165) is 22.3 Å². The molecule has 1 aromatic heterocycles. The molecule has 0 unspecified atom stereocenters. The molecule has 3 aromatic carbocycles. The standard InChI is InChI=1S/C28H20N2O8/c29-24-22(26(32)33)21(23(27(34)35)25(31)30-24)14-9-11-15(12-10-14)38-28(36)37-13-20-18-7-3-1-5-16(18)17-6-2-4-8-19(17)20/h1-12,20H,13H2,(H,32,33)(H,34,35)(H3,29,30,31). The Morgan fingerprint density at radius 3 is 1.92 bits per heavy atom. The third-order valence-corrected chi connectivity index (χ3v) is 6.35. The molecular weight excluding hydrogens is 492 g/mol. The zero-order valence-corrected chi connectivity index (χ0v) is 19.6. The van der Waals surface area contributed by atoms with Crippen LogP contribution in [0.15, 0.2) is 77.6 Å². The number of aromatic nitrogens is 1. The van der Waals surface area contributed by atoms with E-state index in [2.05, 4.69) is 0 Å². The first kappa shape index (κ1) is 24.3. The van der Waals surface area contributed by atoms with Gasteiger partial charge in [-0.15, -0.1) is 0 Å². The van der Waals surface area contributed by atoms with Gasteiger partial charge in [-0.2, -0.15) is 0 Å². The van der Waals surface area contributed by atoms with Gasteiger partial charge in [-0.3, -0.25) is 4.79 Å². The number of pyridine rings is 1. The van der Waals surface area contributed by atoms with E-state index in [1.165, 1.54) is 24.3 Å². The predicted molar refractivity (Wildman–Crippen MR) is 137 cm³/mol. The Labute approximate surface area is 214 Å². The Morgan fingerprint density at radius 2 is 1.37 bits per heavy atom. The van der Waals surface area contributed by atoms with E-state index in [4.69, 9.17) is 15.2 Å².